The van der Waals surface area contributed by atoms with E-state index < -0.39 is 0 Å². The van der Waals surface area contributed by atoms with Crippen LogP contribution in [-0.4, -0.2) is 23.9 Å². The molecular weight excluding hydrogens is 186 g/mol. The zero-order valence-electron chi connectivity index (χ0n) is 10.4. The van der Waals surface area contributed by atoms with Crippen molar-refractivity contribution in [1.29, 1.82) is 0 Å². The minimum absolute atomic E-state index is 0.262. The lowest BCUT2D eigenvalue weighted by atomic mass is 9.84. The van der Waals surface area contributed by atoms with Gasteiger partial charge in [-0.25, -0.2) is 0 Å². The summed E-state index contributed by atoms with van der Waals surface area (Å²) >= 11 is 0. The SMILES string of the molecule is CC(=O)N1CC2CC(C(C)C)C(C)C2C1. The van der Waals surface area contributed by atoms with E-state index in [9.17, 15) is 4.79 Å². The topological polar surface area (TPSA) is 20.3 Å². The molecule has 0 bridgehead atoms. The molecule has 2 aliphatic rings. The van der Waals surface area contributed by atoms with Crippen LogP contribution in [-0.2, 0) is 4.79 Å². The first-order valence-corrected chi connectivity index (χ1v) is 6.26. The normalized spacial score (nSPS) is 39.9. The molecule has 2 fully saturated rings. The van der Waals surface area contributed by atoms with E-state index in [-0.39, 0.29) is 5.91 Å². The van der Waals surface area contributed by atoms with Crippen LogP contribution in [0.5, 0.6) is 0 Å². The molecule has 1 saturated carbocycles. The summed E-state index contributed by atoms with van der Waals surface area (Å²) in [6.45, 7) is 10.8. The molecule has 2 nitrogen and oxygen atoms in total. The third kappa shape index (κ3) is 1.79. The summed E-state index contributed by atoms with van der Waals surface area (Å²) < 4.78 is 0. The molecule has 0 aromatic rings. The second-order valence-electron chi connectivity index (χ2n) is 5.85. The molecule has 15 heavy (non-hydrogen) atoms. The summed E-state index contributed by atoms with van der Waals surface area (Å²) in [6.07, 6.45) is 1.34. The summed E-state index contributed by atoms with van der Waals surface area (Å²) in [5.41, 5.74) is 0. The Balaban J connectivity index is 2.03. The molecule has 0 spiro atoms. The van der Waals surface area contributed by atoms with Gasteiger partial charge in [0.25, 0.3) is 0 Å². The van der Waals surface area contributed by atoms with E-state index >= 15 is 0 Å². The predicted octanol–water partition coefficient (Wildman–Crippen LogP) is 2.39. The first-order chi connectivity index (χ1) is 7.00. The quantitative estimate of drug-likeness (QED) is 0.649. The number of rotatable bonds is 1. The average molecular weight is 209 g/mol. The fourth-order valence-corrected chi connectivity index (χ4v) is 3.76. The van der Waals surface area contributed by atoms with Crippen LogP contribution in [0.25, 0.3) is 0 Å². The van der Waals surface area contributed by atoms with Gasteiger partial charge >= 0.3 is 0 Å². The van der Waals surface area contributed by atoms with Crippen LogP contribution in [0.1, 0.15) is 34.1 Å². The molecule has 0 aromatic carbocycles. The first-order valence-electron chi connectivity index (χ1n) is 6.26. The van der Waals surface area contributed by atoms with Gasteiger partial charge in [-0.05, 0) is 36.0 Å². The highest BCUT2D eigenvalue weighted by molar-refractivity contribution is 5.73. The molecule has 2 rings (SSSR count). The van der Waals surface area contributed by atoms with Crippen molar-refractivity contribution in [2.24, 2.45) is 29.6 Å². The van der Waals surface area contributed by atoms with Gasteiger partial charge in [-0.1, -0.05) is 20.8 Å². The molecule has 4 atom stereocenters. The van der Waals surface area contributed by atoms with E-state index in [2.05, 4.69) is 20.8 Å². The highest BCUT2D eigenvalue weighted by Crippen LogP contribution is 2.48. The van der Waals surface area contributed by atoms with Crippen LogP contribution in [0.15, 0.2) is 0 Å². The Hall–Kier alpha value is -0.530. The summed E-state index contributed by atoms with van der Waals surface area (Å²) in [7, 11) is 0. The number of amides is 1. The second-order valence-corrected chi connectivity index (χ2v) is 5.85. The molecule has 1 saturated heterocycles. The third-order valence-corrected chi connectivity index (χ3v) is 4.72. The molecule has 1 amide bonds. The van der Waals surface area contributed by atoms with Crippen molar-refractivity contribution in [3.05, 3.63) is 0 Å². The van der Waals surface area contributed by atoms with Crippen molar-refractivity contribution in [2.45, 2.75) is 34.1 Å². The number of nitrogens with zero attached hydrogens (tertiary/aromatic N) is 1. The second kappa shape index (κ2) is 3.80. The minimum atomic E-state index is 0.262. The number of hydrogen-bond acceptors (Lipinski definition) is 1. The lowest BCUT2D eigenvalue weighted by molar-refractivity contribution is -0.128. The molecule has 4 unspecified atom stereocenters. The molecule has 0 aromatic heterocycles. The Morgan fingerprint density at radius 3 is 2.47 bits per heavy atom. The Labute approximate surface area is 93.0 Å². The fourth-order valence-electron chi connectivity index (χ4n) is 3.76. The lowest BCUT2D eigenvalue weighted by Crippen LogP contribution is -2.29. The van der Waals surface area contributed by atoms with Gasteiger partial charge in [-0.2, -0.15) is 0 Å². The van der Waals surface area contributed by atoms with Crippen LogP contribution in [0.2, 0.25) is 0 Å². The number of carbonyl (C=O) groups is 1. The van der Waals surface area contributed by atoms with Gasteiger partial charge in [0.2, 0.25) is 5.91 Å². The van der Waals surface area contributed by atoms with E-state index in [0.717, 1.165) is 42.7 Å². The molecule has 1 aliphatic carbocycles. The molecule has 86 valence electrons. The highest BCUT2D eigenvalue weighted by Gasteiger charge is 2.46. The van der Waals surface area contributed by atoms with E-state index in [1.807, 2.05) is 4.90 Å². The maximum Gasteiger partial charge on any atom is 0.219 e. The van der Waals surface area contributed by atoms with Crippen LogP contribution in [0.4, 0.5) is 0 Å². The summed E-state index contributed by atoms with van der Waals surface area (Å²) in [6, 6.07) is 0. The van der Waals surface area contributed by atoms with Crippen LogP contribution in [0, 0.1) is 29.6 Å². The fraction of sp³-hybridized carbons (Fsp3) is 0.923. The predicted molar refractivity (Wildman–Crippen MR) is 61.3 cm³/mol. The highest BCUT2D eigenvalue weighted by atomic mass is 16.2. The summed E-state index contributed by atoms with van der Waals surface area (Å²) in [5, 5.41) is 0. The Kier molecular flexibility index (Phi) is 2.78. The van der Waals surface area contributed by atoms with Gasteiger partial charge in [-0.3, -0.25) is 4.79 Å². The Morgan fingerprint density at radius 2 is 2.00 bits per heavy atom. The Bertz CT molecular complexity index is 261. The van der Waals surface area contributed by atoms with Gasteiger partial charge in [-0.15, -0.1) is 0 Å². The van der Waals surface area contributed by atoms with Crippen molar-refractivity contribution in [1.82, 2.24) is 4.90 Å². The molecule has 1 aliphatic heterocycles. The molecular formula is C13H23NO. The van der Waals surface area contributed by atoms with Gasteiger partial charge in [0.05, 0.1) is 0 Å². The monoisotopic (exact) mass is 209 g/mol. The van der Waals surface area contributed by atoms with Crippen LogP contribution >= 0.6 is 0 Å². The number of hydrogen-bond donors (Lipinski definition) is 0. The van der Waals surface area contributed by atoms with Gasteiger partial charge < -0.3 is 4.90 Å². The van der Waals surface area contributed by atoms with E-state index in [4.69, 9.17) is 0 Å². The van der Waals surface area contributed by atoms with E-state index in [1.54, 1.807) is 6.92 Å². The maximum absolute atomic E-state index is 11.3. The summed E-state index contributed by atoms with van der Waals surface area (Å²) in [4.78, 5) is 13.4. The van der Waals surface area contributed by atoms with E-state index in [1.165, 1.54) is 6.42 Å². The van der Waals surface area contributed by atoms with Crippen LogP contribution in [0.3, 0.4) is 0 Å². The van der Waals surface area contributed by atoms with Crippen molar-refractivity contribution < 1.29 is 4.79 Å². The van der Waals surface area contributed by atoms with Gasteiger partial charge in [0, 0.05) is 20.0 Å². The molecule has 0 radical (unpaired) electrons. The van der Waals surface area contributed by atoms with E-state index in [0.29, 0.717) is 0 Å². The number of carbonyl (C=O) groups excluding carboxylic acids is 1. The van der Waals surface area contributed by atoms with Crippen molar-refractivity contribution in [3.8, 4) is 0 Å². The van der Waals surface area contributed by atoms with Crippen LogP contribution < -0.4 is 0 Å². The minimum Gasteiger partial charge on any atom is -0.342 e. The Morgan fingerprint density at radius 1 is 1.33 bits per heavy atom. The van der Waals surface area contributed by atoms with Crippen molar-refractivity contribution >= 4 is 5.91 Å². The van der Waals surface area contributed by atoms with Gasteiger partial charge in [0.15, 0.2) is 0 Å². The van der Waals surface area contributed by atoms with Crippen molar-refractivity contribution in [2.75, 3.05) is 13.1 Å². The zero-order chi connectivity index (χ0) is 11.2. The smallest absolute Gasteiger partial charge is 0.219 e. The van der Waals surface area contributed by atoms with Crippen molar-refractivity contribution in [3.63, 3.8) is 0 Å². The third-order valence-electron chi connectivity index (χ3n) is 4.72. The number of fused-ring (bicyclic) bond motifs is 1. The molecule has 2 heteroatoms. The van der Waals surface area contributed by atoms with Gasteiger partial charge in [0.1, 0.15) is 0 Å². The lowest BCUT2D eigenvalue weighted by Gasteiger charge is -2.25. The molecule has 1 heterocycles. The molecule has 0 N–H and O–H groups in total. The summed E-state index contributed by atoms with van der Waals surface area (Å²) in [5.74, 6) is 4.32. The first kappa shape index (κ1) is 11.0. The zero-order valence-corrected chi connectivity index (χ0v) is 10.4. The maximum atomic E-state index is 11.3. The number of likely N-dealkylation sites (tertiary alicyclic amines) is 1. The average Bonchev–Trinajstić information content (AvgIpc) is 2.65. The largest absolute Gasteiger partial charge is 0.342 e. The standard InChI is InChI=1S/C13H23NO/c1-8(2)12-5-11-6-14(10(4)15)7-13(11)9(12)3/h8-9,11-13H,5-7H2,1-4H3.